The maximum absolute atomic E-state index is 11.3. The minimum absolute atomic E-state index is 0. The van der Waals surface area contributed by atoms with E-state index in [0.29, 0.717) is 5.78 Å². The number of carbonyl (C=O) groups excluding carboxylic acids is 1. The van der Waals surface area contributed by atoms with Gasteiger partial charge in [-0.2, -0.15) is 0 Å². The fraction of sp³-hybridized carbons (Fsp3) is 0.462. The predicted octanol–water partition coefficient (Wildman–Crippen LogP) is 7.37. The largest absolute Gasteiger partial charge is 0.481 e. The Morgan fingerprint density at radius 3 is 1.59 bits per heavy atom. The van der Waals surface area contributed by atoms with Gasteiger partial charge in [0.15, 0.2) is 0 Å². The summed E-state index contributed by atoms with van der Waals surface area (Å²) in [4.78, 5) is 20.7. The Hall–Kier alpha value is -2.42. The van der Waals surface area contributed by atoms with Crippen molar-refractivity contribution in [2.24, 2.45) is 5.92 Å². The first-order chi connectivity index (χ1) is 13.4. The molecule has 0 saturated heterocycles. The number of hydrogen-bond acceptors (Lipinski definition) is 2. The Morgan fingerprint density at radius 2 is 1.31 bits per heavy atom. The van der Waals surface area contributed by atoms with Crippen molar-refractivity contribution in [1.29, 1.82) is 0 Å². The van der Waals surface area contributed by atoms with Crippen molar-refractivity contribution in [2.75, 3.05) is 0 Å². The summed E-state index contributed by atoms with van der Waals surface area (Å²) >= 11 is 0. The molecule has 1 N–H and O–H groups in total. The minimum atomic E-state index is -0.745. The topological polar surface area (TPSA) is 54.4 Å². The summed E-state index contributed by atoms with van der Waals surface area (Å²) in [6.07, 6.45) is 3.20. The molecule has 29 heavy (non-hydrogen) atoms. The monoisotopic (exact) mass is 402 g/mol. The second-order valence-corrected chi connectivity index (χ2v) is 6.19. The number of carbonyl (C=O) groups is 2. The highest BCUT2D eigenvalue weighted by atomic mass is 16.4. The SMILES string of the molecule is C.CC.CCC(=O)O.CCCC(Cc1ccccc1)C(C)=O.Cc1ccccc1. The van der Waals surface area contributed by atoms with Crippen LogP contribution < -0.4 is 0 Å². The van der Waals surface area contributed by atoms with Gasteiger partial charge in [-0.25, -0.2) is 0 Å². The molecule has 3 nitrogen and oxygen atoms in total. The van der Waals surface area contributed by atoms with E-state index >= 15 is 0 Å². The highest BCUT2D eigenvalue weighted by Gasteiger charge is 2.13. The van der Waals surface area contributed by atoms with Crippen LogP contribution in [0.4, 0.5) is 0 Å². The first kappa shape index (κ1) is 31.3. The molecule has 0 amide bonds. The van der Waals surface area contributed by atoms with Gasteiger partial charge in [0.1, 0.15) is 5.78 Å². The summed E-state index contributed by atoms with van der Waals surface area (Å²) in [5.41, 5.74) is 2.59. The Labute approximate surface area is 179 Å². The molecule has 0 aliphatic carbocycles. The molecule has 3 heteroatoms. The van der Waals surface area contributed by atoms with E-state index < -0.39 is 5.97 Å². The summed E-state index contributed by atoms with van der Waals surface area (Å²) in [5.74, 6) is -0.219. The molecule has 0 aliphatic rings. The summed E-state index contributed by atoms with van der Waals surface area (Å²) in [6.45, 7) is 11.5. The van der Waals surface area contributed by atoms with Crippen molar-refractivity contribution in [1.82, 2.24) is 0 Å². The van der Waals surface area contributed by atoms with Gasteiger partial charge in [-0.05, 0) is 32.3 Å². The summed E-state index contributed by atoms with van der Waals surface area (Å²) in [5, 5.41) is 7.72. The van der Waals surface area contributed by atoms with Gasteiger partial charge < -0.3 is 5.11 Å². The van der Waals surface area contributed by atoms with Gasteiger partial charge >= 0.3 is 5.97 Å². The number of Topliss-reactive ketones (excluding diaryl/α,β-unsaturated/α-hetero) is 1. The van der Waals surface area contributed by atoms with Gasteiger partial charge in [-0.1, -0.05) is 108 Å². The van der Waals surface area contributed by atoms with Gasteiger partial charge in [0.2, 0.25) is 0 Å². The molecule has 1 unspecified atom stereocenters. The Kier molecular flexibility index (Phi) is 23.6. The van der Waals surface area contributed by atoms with Crippen LogP contribution in [0.3, 0.4) is 0 Å². The van der Waals surface area contributed by atoms with Crippen molar-refractivity contribution < 1.29 is 14.7 Å². The molecule has 0 bridgehead atoms. The molecule has 0 heterocycles. The van der Waals surface area contributed by atoms with Crippen LogP contribution in [0.2, 0.25) is 0 Å². The fourth-order valence-corrected chi connectivity index (χ4v) is 2.23. The zero-order valence-electron chi connectivity index (χ0n) is 18.4. The van der Waals surface area contributed by atoms with E-state index in [2.05, 4.69) is 38.1 Å². The van der Waals surface area contributed by atoms with Gasteiger partial charge in [-0.15, -0.1) is 0 Å². The fourth-order valence-electron chi connectivity index (χ4n) is 2.23. The van der Waals surface area contributed by atoms with Crippen molar-refractivity contribution >= 4 is 11.8 Å². The van der Waals surface area contributed by atoms with Gasteiger partial charge in [0, 0.05) is 12.3 Å². The van der Waals surface area contributed by atoms with Crippen LogP contribution in [0.5, 0.6) is 0 Å². The third-order valence-corrected chi connectivity index (χ3v) is 3.78. The summed E-state index contributed by atoms with van der Waals surface area (Å²) in [6, 6.07) is 20.5. The number of aryl methyl sites for hydroxylation is 1. The first-order valence-corrected chi connectivity index (χ1v) is 10.2. The number of ketones is 1. The van der Waals surface area contributed by atoms with Gasteiger partial charge in [0.05, 0.1) is 0 Å². The number of carboxylic acids is 1. The third-order valence-electron chi connectivity index (χ3n) is 3.78. The first-order valence-electron chi connectivity index (χ1n) is 10.2. The molecule has 2 aromatic rings. The number of carboxylic acid groups (broad SMARTS) is 1. The van der Waals surface area contributed by atoms with E-state index in [4.69, 9.17) is 5.11 Å². The lowest BCUT2D eigenvalue weighted by Gasteiger charge is -2.12. The maximum Gasteiger partial charge on any atom is 0.303 e. The molecule has 2 rings (SSSR count). The van der Waals surface area contributed by atoms with Crippen molar-refractivity contribution in [2.45, 2.75) is 74.7 Å². The Balaban J connectivity index is -0.000000378. The van der Waals surface area contributed by atoms with Gasteiger partial charge in [-0.3, -0.25) is 9.59 Å². The molecule has 1 atom stereocenters. The zero-order chi connectivity index (χ0) is 21.8. The van der Waals surface area contributed by atoms with Crippen LogP contribution in [0.1, 0.15) is 72.4 Å². The molecule has 0 saturated carbocycles. The molecule has 0 radical (unpaired) electrons. The number of hydrogen-bond donors (Lipinski definition) is 1. The molecule has 0 aliphatic heterocycles. The summed E-state index contributed by atoms with van der Waals surface area (Å²) < 4.78 is 0. The lowest BCUT2D eigenvalue weighted by atomic mass is 9.92. The lowest BCUT2D eigenvalue weighted by Crippen LogP contribution is -2.13. The zero-order valence-corrected chi connectivity index (χ0v) is 18.4. The number of rotatable bonds is 6. The lowest BCUT2D eigenvalue weighted by molar-refractivity contribution is -0.136. The second kappa shape index (κ2) is 21.9. The average molecular weight is 403 g/mol. The quantitative estimate of drug-likeness (QED) is 0.548. The second-order valence-electron chi connectivity index (χ2n) is 6.19. The predicted molar refractivity (Wildman–Crippen MR) is 126 cm³/mol. The van der Waals surface area contributed by atoms with E-state index in [1.54, 1.807) is 13.8 Å². The van der Waals surface area contributed by atoms with E-state index in [1.807, 2.05) is 50.2 Å². The molecule has 0 fully saturated rings. The molecular formula is C26H42O3. The van der Waals surface area contributed by atoms with Crippen LogP contribution in [-0.4, -0.2) is 16.9 Å². The standard InChI is InChI=1S/C13H18O.C7H8.C3H6O2.C2H6.CH4/c1-3-7-13(11(2)14)10-12-8-5-4-6-9-12;1-7-5-3-2-4-6-7;1-2-3(4)5;1-2;/h4-6,8-9,13H,3,7,10H2,1-2H3;2-6H,1H3;2H2,1H3,(H,4,5);1-2H3;1H4. The van der Waals surface area contributed by atoms with Crippen molar-refractivity contribution in [3.05, 3.63) is 71.8 Å². The van der Waals surface area contributed by atoms with Crippen molar-refractivity contribution in [3.63, 3.8) is 0 Å². The molecular weight excluding hydrogens is 360 g/mol. The molecule has 2 aromatic carbocycles. The number of aliphatic carboxylic acids is 1. The van der Waals surface area contributed by atoms with Crippen LogP contribution in [0.15, 0.2) is 60.7 Å². The summed E-state index contributed by atoms with van der Waals surface area (Å²) in [7, 11) is 0. The average Bonchev–Trinajstić information content (AvgIpc) is 2.71. The van der Waals surface area contributed by atoms with E-state index in [0.717, 1.165) is 19.3 Å². The van der Waals surface area contributed by atoms with E-state index in [-0.39, 0.29) is 19.8 Å². The Bertz CT molecular complexity index is 606. The van der Waals surface area contributed by atoms with Gasteiger partial charge in [0.25, 0.3) is 0 Å². The van der Waals surface area contributed by atoms with Crippen LogP contribution in [-0.2, 0) is 16.0 Å². The van der Waals surface area contributed by atoms with Crippen LogP contribution in [0.25, 0.3) is 0 Å². The molecule has 164 valence electrons. The molecule has 0 spiro atoms. The minimum Gasteiger partial charge on any atom is -0.481 e. The highest BCUT2D eigenvalue weighted by Crippen LogP contribution is 2.14. The van der Waals surface area contributed by atoms with E-state index in [1.165, 1.54) is 11.1 Å². The molecule has 0 aromatic heterocycles. The maximum atomic E-state index is 11.3. The number of benzene rings is 2. The van der Waals surface area contributed by atoms with Crippen LogP contribution in [0, 0.1) is 12.8 Å². The smallest absolute Gasteiger partial charge is 0.303 e. The third kappa shape index (κ3) is 20.1. The Morgan fingerprint density at radius 1 is 0.897 bits per heavy atom. The highest BCUT2D eigenvalue weighted by molar-refractivity contribution is 5.78. The van der Waals surface area contributed by atoms with E-state index in [9.17, 15) is 9.59 Å². The van der Waals surface area contributed by atoms with Crippen LogP contribution >= 0.6 is 0 Å². The normalized spacial score (nSPS) is 9.59. The van der Waals surface area contributed by atoms with Crippen molar-refractivity contribution in [3.8, 4) is 0 Å².